The first-order valence-corrected chi connectivity index (χ1v) is 6.46. The molecule has 1 aromatic heterocycles. The maximum Gasteiger partial charge on any atom is 0.233 e. The van der Waals surface area contributed by atoms with Crippen molar-refractivity contribution in [2.45, 2.75) is 36.3 Å². The zero-order valence-corrected chi connectivity index (χ0v) is 10.5. The summed E-state index contributed by atoms with van der Waals surface area (Å²) in [6, 6.07) is 0. The highest BCUT2D eigenvalue weighted by Gasteiger charge is 2.09. The minimum Gasteiger partial charge on any atom is -0.294 e. The number of rotatable bonds is 5. The van der Waals surface area contributed by atoms with Crippen LogP contribution >= 0.6 is 23.1 Å². The third-order valence-electron chi connectivity index (χ3n) is 1.84. The SMILES string of the molecule is Cc1csc(SC(C)CCC(=O)NN)n1. The summed E-state index contributed by atoms with van der Waals surface area (Å²) in [6.07, 6.45) is 1.28. The number of aromatic nitrogens is 1. The lowest BCUT2D eigenvalue weighted by Gasteiger charge is -2.07. The van der Waals surface area contributed by atoms with Crippen molar-refractivity contribution in [1.82, 2.24) is 10.4 Å². The summed E-state index contributed by atoms with van der Waals surface area (Å²) in [7, 11) is 0. The van der Waals surface area contributed by atoms with E-state index < -0.39 is 0 Å². The molecule has 0 bridgehead atoms. The lowest BCUT2D eigenvalue weighted by molar-refractivity contribution is -0.121. The van der Waals surface area contributed by atoms with E-state index in [1.807, 2.05) is 12.3 Å². The molecule has 0 spiro atoms. The molecule has 0 saturated carbocycles. The molecule has 1 aromatic rings. The number of hydrogen-bond acceptors (Lipinski definition) is 5. The number of nitrogens with two attached hydrogens (primary N) is 1. The molecule has 0 fully saturated rings. The molecular formula is C9H15N3OS2. The number of aryl methyl sites for hydroxylation is 1. The summed E-state index contributed by atoms with van der Waals surface area (Å²) in [6.45, 7) is 4.07. The molecule has 15 heavy (non-hydrogen) atoms. The van der Waals surface area contributed by atoms with Crippen LogP contribution in [-0.2, 0) is 4.79 Å². The largest absolute Gasteiger partial charge is 0.294 e. The van der Waals surface area contributed by atoms with Crippen molar-refractivity contribution in [2.75, 3.05) is 0 Å². The summed E-state index contributed by atoms with van der Waals surface area (Å²) >= 11 is 3.35. The number of carbonyl (C=O) groups is 1. The number of thioether (sulfide) groups is 1. The first kappa shape index (κ1) is 12.5. The van der Waals surface area contributed by atoms with Crippen molar-refractivity contribution >= 4 is 29.0 Å². The van der Waals surface area contributed by atoms with Gasteiger partial charge in [-0.25, -0.2) is 10.8 Å². The molecule has 1 heterocycles. The van der Waals surface area contributed by atoms with Crippen LogP contribution in [0.2, 0.25) is 0 Å². The Bertz CT molecular complexity index is 327. The Hall–Kier alpha value is -0.590. The maximum absolute atomic E-state index is 10.9. The van der Waals surface area contributed by atoms with E-state index in [0.717, 1.165) is 16.5 Å². The lowest BCUT2D eigenvalue weighted by Crippen LogP contribution is -2.30. The summed E-state index contributed by atoms with van der Waals surface area (Å²) in [5.74, 6) is 4.88. The topological polar surface area (TPSA) is 68.0 Å². The van der Waals surface area contributed by atoms with E-state index in [1.54, 1.807) is 23.1 Å². The number of nitrogens with zero attached hydrogens (tertiary/aromatic N) is 1. The predicted molar refractivity (Wildman–Crippen MR) is 63.7 cm³/mol. The van der Waals surface area contributed by atoms with Crippen molar-refractivity contribution < 1.29 is 4.79 Å². The third-order valence-corrected chi connectivity index (χ3v) is 4.10. The Morgan fingerprint density at radius 3 is 3.07 bits per heavy atom. The molecular weight excluding hydrogens is 230 g/mol. The standard InChI is InChI=1S/C9H15N3OS2/c1-6-5-14-9(11-6)15-7(2)3-4-8(13)12-10/h5,7H,3-4,10H2,1-2H3,(H,12,13). The Kier molecular flexibility index (Phi) is 5.07. The molecule has 6 heteroatoms. The fourth-order valence-electron chi connectivity index (χ4n) is 1.02. The van der Waals surface area contributed by atoms with Gasteiger partial charge in [0.05, 0.1) is 0 Å². The van der Waals surface area contributed by atoms with Gasteiger partial charge in [0, 0.05) is 22.7 Å². The second-order valence-corrected chi connectivity index (χ2v) is 5.83. The fraction of sp³-hybridized carbons (Fsp3) is 0.556. The van der Waals surface area contributed by atoms with Gasteiger partial charge < -0.3 is 0 Å². The van der Waals surface area contributed by atoms with E-state index in [9.17, 15) is 4.79 Å². The lowest BCUT2D eigenvalue weighted by atomic mass is 10.2. The van der Waals surface area contributed by atoms with Crippen LogP contribution in [0.3, 0.4) is 0 Å². The number of nitrogens with one attached hydrogen (secondary N) is 1. The molecule has 0 saturated heterocycles. The van der Waals surface area contributed by atoms with Crippen LogP contribution in [0.25, 0.3) is 0 Å². The molecule has 0 aromatic carbocycles. The van der Waals surface area contributed by atoms with Crippen molar-refractivity contribution in [3.05, 3.63) is 11.1 Å². The summed E-state index contributed by atoms with van der Waals surface area (Å²) in [5.41, 5.74) is 3.18. The van der Waals surface area contributed by atoms with E-state index in [4.69, 9.17) is 5.84 Å². The normalized spacial score (nSPS) is 12.5. The third kappa shape index (κ3) is 4.63. The van der Waals surface area contributed by atoms with Gasteiger partial charge in [0.15, 0.2) is 0 Å². The van der Waals surface area contributed by atoms with Gasteiger partial charge in [-0.1, -0.05) is 18.7 Å². The Labute approximate surface area is 97.6 Å². The van der Waals surface area contributed by atoms with Gasteiger partial charge in [0.25, 0.3) is 0 Å². The average molecular weight is 245 g/mol. The summed E-state index contributed by atoms with van der Waals surface area (Å²) < 4.78 is 1.06. The van der Waals surface area contributed by atoms with Crippen LogP contribution < -0.4 is 11.3 Å². The second-order valence-electron chi connectivity index (χ2n) is 3.29. The molecule has 0 aliphatic carbocycles. The highest BCUT2D eigenvalue weighted by molar-refractivity contribution is 8.01. The minimum atomic E-state index is -0.113. The highest BCUT2D eigenvalue weighted by atomic mass is 32.2. The smallest absolute Gasteiger partial charge is 0.233 e. The molecule has 0 aliphatic heterocycles. The molecule has 3 N–H and O–H groups in total. The van der Waals surface area contributed by atoms with Crippen molar-refractivity contribution in [3.8, 4) is 0 Å². The summed E-state index contributed by atoms with van der Waals surface area (Å²) in [5, 5.41) is 2.41. The molecule has 0 aliphatic rings. The monoisotopic (exact) mass is 245 g/mol. The molecule has 84 valence electrons. The van der Waals surface area contributed by atoms with Crippen LogP contribution in [0.4, 0.5) is 0 Å². The van der Waals surface area contributed by atoms with Crippen LogP contribution in [-0.4, -0.2) is 16.1 Å². The Morgan fingerprint density at radius 2 is 2.53 bits per heavy atom. The molecule has 4 nitrogen and oxygen atoms in total. The van der Waals surface area contributed by atoms with Crippen LogP contribution in [0.5, 0.6) is 0 Å². The Balaban J connectivity index is 2.30. The first-order valence-electron chi connectivity index (χ1n) is 4.70. The Morgan fingerprint density at radius 1 is 1.80 bits per heavy atom. The van der Waals surface area contributed by atoms with Crippen molar-refractivity contribution in [3.63, 3.8) is 0 Å². The van der Waals surface area contributed by atoms with Crippen molar-refractivity contribution in [1.29, 1.82) is 0 Å². The van der Waals surface area contributed by atoms with Crippen LogP contribution in [0, 0.1) is 6.92 Å². The van der Waals surface area contributed by atoms with Crippen molar-refractivity contribution in [2.24, 2.45) is 5.84 Å². The van der Waals surface area contributed by atoms with Gasteiger partial charge >= 0.3 is 0 Å². The second kappa shape index (κ2) is 6.09. The number of amides is 1. The van der Waals surface area contributed by atoms with E-state index in [0.29, 0.717) is 11.7 Å². The predicted octanol–water partition coefficient (Wildman–Crippen LogP) is 1.70. The summed E-state index contributed by atoms with van der Waals surface area (Å²) in [4.78, 5) is 15.3. The highest BCUT2D eigenvalue weighted by Crippen LogP contribution is 2.28. The van der Waals surface area contributed by atoms with E-state index >= 15 is 0 Å². The molecule has 1 rings (SSSR count). The van der Waals surface area contributed by atoms with Gasteiger partial charge in [-0.2, -0.15) is 0 Å². The number of thiazole rings is 1. The maximum atomic E-state index is 10.9. The zero-order chi connectivity index (χ0) is 11.3. The minimum absolute atomic E-state index is 0.113. The number of carbonyl (C=O) groups excluding carboxylic acids is 1. The van der Waals surface area contributed by atoms with Gasteiger partial charge in [-0.3, -0.25) is 10.2 Å². The van der Waals surface area contributed by atoms with E-state index in [-0.39, 0.29) is 5.91 Å². The first-order chi connectivity index (χ1) is 7.11. The van der Waals surface area contributed by atoms with Gasteiger partial charge in [0.2, 0.25) is 5.91 Å². The molecule has 1 atom stereocenters. The van der Waals surface area contributed by atoms with E-state index in [1.165, 1.54) is 0 Å². The number of hydrogen-bond donors (Lipinski definition) is 2. The van der Waals surface area contributed by atoms with E-state index in [2.05, 4.69) is 17.3 Å². The average Bonchev–Trinajstić information content (AvgIpc) is 2.60. The quantitative estimate of drug-likeness (QED) is 0.358. The molecule has 1 unspecified atom stereocenters. The van der Waals surface area contributed by atoms with Crippen LogP contribution in [0.1, 0.15) is 25.5 Å². The van der Waals surface area contributed by atoms with Gasteiger partial charge in [-0.15, -0.1) is 11.3 Å². The fourth-order valence-corrected chi connectivity index (χ4v) is 3.18. The number of hydrazine groups is 1. The van der Waals surface area contributed by atoms with Gasteiger partial charge in [-0.05, 0) is 13.3 Å². The van der Waals surface area contributed by atoms with Gasteiger partial charge in [0.1, 0.15) is 4.34 Å². The zero-order valence-electron chi connectivity index (χ0n) is 8.82. The molecule has 1 amide bonds. The molecule has 0 radical (unpaired) electrons. The van der Waals surface area contributed by atoms with Crippen LogP contribution in [0.15, 0.2) is 9.72 Å².